The third-order valence-electron chi connectivity index (χ3n) is 2.24. The van der Waals surface area contributed by atoms with Crippen LogP contribution in [0, 0.1) is 0 Å². The Morgan fingerprint density at radius 1 is 1.28 bits per heavy atom. The quantitative estimate of drug-likeness (QED) is 0.769. The SMILES string of the molecule is Nc1nc(On2nnc3ccccc32)ncc1Br. The van der Waals surface area contributed by atoms with E-state index in [1.807, 2.05) is 24.3 Å². The zero-order valence-corrected chi connectivity index (χ0v) is 10.6. The summed E-state index contributed by atoms with van der Waals surface area (Å²) in [4.78, 5) is 14.6. The molecule has 8 heteroatoms. The first kappa shape index (κ1) is 10.9. The first-order chi connectivity index (χ1) is 8.74. The maximum atomic E-state index is 5.64. The van der Waals surface area contributed by atoms with E-state index in [1.54, 1.807) is 0 Å². The highest BCUT2D eigenvalue weighted by Crippen LogP contribution is 2.18. The molecule has 2 N–H and O–H groups in total. The minimum absolute atomic E-state index is 0.103. The van der Waals surface area contributed by atoms with Crippen LogP contribution in [0.1, 0.15) is 0 Å². The molecule has 0 aliphatic carbocycles. The molecule has 0 amide bonds. The van der Waals surface area contributed by atoms with Crippen molar-refractivity contribution in [2.75, 3.05) is 5.73 Å². The first-order valence-corrected chi connectivity index (χ1v) is 5.80. The van der Waals surface area contributed by atoms with Crippen LogP contribution in [-0.4, -0.2) is 25.1 Å². The van der Waals surface area contributed by atoms with Crippen LogP contribution in [0.25, 0.3) is 11.0 Å². The van der Waals surface area contributed by atoms with Gasteiger partial charge in [0, 0.05) is 0 Å². The Bertz CT molecular complexity index is 712. The summed E-state index contributed by atoms with van der Waals surface area (Å²) in [7, 11) is 0. The Morgan fingerprint density at radius 2 is 2.11 bits per heavy atom. The molecule has 3 rings (SSSR count). The van der Waals surface area contributed by atoms with Gasteiger partial charge in [0.1, 0.15) is 16.9 Å². The summed E-state index contributed by atoms with van der Waals surface area (Å²) in [5.41, 5.74) is 7.09. The Morgan fingerprint density at radius 3 is 2.94 bits per heavy atom. The summed E-state index contributed by atoms with van der Waals surface area (Å²) < 4.78 is 0.610. The molecule has 18 heavy (non-hydrogen) atoms. The zero-order chi connectivity index (χ0) is 12.5. The van der Waals surface area contributed by atoms with Crippen molar-refractivity contribution in [2.45, 2.75) is 0 Å². The fourth-order valence-corrected chi connectivity index (χ4v) is 1.59. The number of nitrogens with zero attached hydrogens (tertiary/aromatic N) is 5. The van der Waals surface area contributed by atoms with Crippen LogP contribution in [0.4, 0.5) is 5.82 Å². The van der Waals surface area contributed by atoms with Crippen LogP contribution in [0.2, 0.25) is 0 Å². The van der Waals surface area contributed by atoms with E-state index < -0.39 is 0 Å². The lowest BCUT2D eigenvalue weighted by molar-refractivity contribution is 0.167. The van der Waals surface area contributed by atoms with Crippen LogP contribution in [-0.2, 0) is 0 Å². The Labute approximate surface area is 110 Å². The molecule has 1 aromatic carbocycles. The van der Waals surface area contributed by atoms with E-state index >= 15 is 0 Å². The van der Waals surface area contributed by atoms with Gasteiger partial charge in [-0.25, -0.2) is 4.98 Å². The lowest BCUT2D eigenvalue weighted by Crippen LogP contribution is -2.10. The molecule has 0 atom stereocenters. The van der Waals surface area contributed by atoms with Crippen molar-refractivity contribution >= 4 is 32.8 Å². The first-order valence-electron chi connectivity index (χ1n) is 5.01. The Balaban J connectivity index is 1.98. The van der Waals surface area contributed by atoms with Crippen molar-refractivity contribution in [3.63, 3.8) is 0 Å². The van der Waals surface area contributed by atoms with Crippen molar-refractivity contribution in [3.05, 3.63) is 34.9 Å². The van der Waals surface area contributed by atoms with E-state index in [0.717, 1.165) is 11.0 Å². The van der Waals surface area contributed by atoms with Gasteiger partial charge in [-0.05, 0) is 33.3 Å². The van der Waals surface area contributed by atoms with E-state index in [-0.39, 0.29) is 6.01 Å². The number of benzene rings is 1. The molecule has 0 saturated carbocycles. The van der Waals surface area contributed by atoms with Gasteiger partial charge in [-0.1, -0.05) is 17.0 Å². The maximum Gasteiger partial charge on any atom is 0.347 e. The highest BCUT2D eigenvalue weighted by atomic mass is 79.9. The van der Waals surface area contributed by atoms with Crippen molar-refractivity contribution in [1.29, 1.82) is 0 Å². The molecule has 2 aromatic heterocycles. The average molecular weight is 307 g/mol. The van der Waals surface area contributed by atoms with Gasteiger partial charge in [-0.15, -0.1) is 5.10 Å². The average Bonchev–Trinajstić information content (AvgIpc) is 2.78. The summed E-state index contributed by atoms with van der Waals surface area (Å²) in [5.74, 6) is 0.296. The highest BCUT2D eigenvalue weighted by Gasteiger charge is 2.08. The van der Waals surface area contributed by atoms with E-state index in [4.69, 9.17) is 10.6 Å². The van der Waals surface area contributed by atoms with Crippen LogP contribution in [0.5, 0.6) is 6.01 Å². The van der Waals surface area contributed by atoms with E-state index in [1.165, 1.54) is 11.0 Å². The number of rotatable bonds is 2. The molecule has 2 heterocycles. The second kappa shape index (κ2) is 4.22. The minimum atomic E-state index is 0.103. The smallest absolute Gasteiger partial charge is 0.347 e. The van der Waals surface area contributed by atoms with Gasteiger partial charge < -0.3 is 10.6 Å². The van der Waals surface area contributed by atoms with E-state index in [2.05, 4.69) is 36.2 Å². The summed E-state index contributed by atoms with van der Waals surface area (Å²) in [6, 6.07) is 7.50. The van der Waals surface area contributed by atoms with Gasteiger partial charge in [-0.2, -0.15) is 4.98 Å². The third-order valence-corrected chi connectivity index (χ3v) is 2.85. The molecule has 0 aliphatic rings. The fourth-order valence-electron chi connectivity index (χ4n) is 1.40. The molecule has 90 valence electrons. The lowest BCUT2D eigenvalue weighted by atomic mass is 10.3. The largest absolute Gasteiger partial charge is 0.383 e. The molecule has 0 spiro atoms. The second-order valence-corrected chi connectivity index (χ2v) is 4.28. The number of nitrogen functional groups attached to an aromatic ring is 1. The summed E-state index contributed by atoms with van der Waals surface area (Å²) in [6.45, 7) is 0. The van der Waals surface area contributed by atoms with Crippen molar-refractivity contribution in [3.8, 4) is 6.01 Å². The van der Waals surface area contributed by atoms with Crippen molar-refractivity contribution in [2.24, 2.45) is 0 Å². The van der Waals surface area contributed by atoms with Gasteiger partial charge in [-0.3, -0.25) is 0 Å². The van der Waals surface area contributed by atoms with Gasteiger partial charge in [0.25, 0.3) is 0 Å². The predicted molar refractivity (Wildman–Crippen MR) is 67.7 cm³/mol. The van der Waals surface area contributed by atoms with Crippen molar-refractivity contribution < 1.29 is 4.84 Å². The molecule has 0 radical (unpaired) electrons. The van der Waals surface area contributed by atoms with Crippen molar-refractivity contribution in [1.82, 2.24) is 25.1 Å². The minimum Gasteiger partial charge on any atom is -0.383 e. The van der Waals surface area contributed by atoms with Gasteiger partial charge in [0.05, 0.1) is 10.7 Å². The van der Waals surface area contributed by atoms with Gasteiger partial charge in [0.2, 0.25) is 0 Å². The topological polar surface area (TPSA) is 91.7 Å². The van der Waals surface area contributed by atoms with E-state index in [9.17, 15) is 0 Å². The third kappa shape index (κ3) is 1.86. The van der Waals surface area contributed by atoms with E-state index in [0.29, 0.717) is 10.3 Å². The van der Waals surface area contributed by atoms with Crippen LogP contribution in [0.15, 0.2) is 34.9 Å². The molecule has 7 nitrogen and oxygen atoms in total. The standard InChI is InChI=1S/C10H7BrN6O/c11-6-5-13-10(14-9(6)12)18-17-8-4-2-1-3-7(8)15-16-17/h1-5H,(H2,12,13,14). The Hall–Kier alpha value is -2.22. The van der Waals surface area contributed by atoms with Gasteiger partial charge >= 0.3 is 6.01 Å². The summed E-state index contributed by atoms with van der Waals surface area (Å²) in [5, 5.41) is 7.80. The normalized spacial score (nSPS) is 10.7. The molecular formula is C10H7BrN6O. The molecule has 0 unspecified atom stereocenters. The monoisotopic (exact) mass is 306 g/mol. The number of nitrogens with two attached hydrogens (primary N) is 1. The lowest BCUT2D eigenvalue weighted by Gasteiger charge is -2.03. The fraction of sp³-hybridized carbons (Fsp3) is 0. The number of aromatic nitrogens is 5. The second-order valence-electron chi connectivity index (χ2n) is 3.43. The highest BCUT2D eigenvalue weighted by molar-refractivity contribution is 9.10. The number of hydrogen-bond acceptors (Lipinski definition) is 6. The molecule has 0 fully saturated rings. The molecular weight excluding hydrogens is 300 g/mol. The zero-order valence-electron chi connectivity index (χ0n) is 8.99. The van der Waals surface area contributed by atoms with Crippen LogP contribution < -0.4 is 10.6 Å². The van der Waals surface area contributed by atoms with Crippen LogP contribution in [0.3, 0.4) is 0 Å². The number of fused-ring (bicyclic) bond motifs is 1. The molecule has 0 bridgehead atoms. The number of anilines is 1. The number of halogens is 1. The summed E-state index contributed by atoms with van der Waals surface area (Å²) >= 11 is 3.21. The molecule has 0 saturated heterocycles. The maximum absolute atomic E-state index is 5.64. The van der Waals surface area contributed by atoms with Gasteiger partial charge in [0.15, 0.2) is 0 Å². The summed E-state index contributed by atoms with van der Waals surface area (Å²) in [6.07, 6.45) is 1.51. The van der Waals surface area contributed by atoms with Crippen LogP contribution >= 0.6 is 15.9 Å². The Kier molecular flexibility index (Phi) is 2.56. The molecule has 3 aromatic rings. The number of hydrogen-bond donors (Lipinski definition) is 1. The predicted octanol–water partition coefficient (Wildman–Crippen LogP) is 1.41. The molecule has 0 aliphatic heterocycles. The number of para-hydroxylation sites is 1.